The average molecular weight is 625 g/mol. The van der Waals surface area contributed by atoms with Crippen LogP contribution < -0.4 is 0 Å². The Labute approximate surface area is 249 Å². The number of aromatic hydroxyl groups is 1. The summed E-state index contributed by atoms with van der Waals surface area (Å²) in [5.74, 6) is -3.72. The molecule has 0 saturated heterocycles. The Bertz CT molecular complexity index is 1020. The molecule has 0 aromatic heterocycles. The lowest BCUT2D eigenvalue weighted by Gasteiger charge is -2.54. The van der Waals surface area contributed by atoms with Crippen molar-refractivity contribution in [2.75, 3.05) is 11.5 Å². The van der Waals surface area contributed by atoms with Crippen LogP contribution in [0.4, 0.5) is 26.3 Å². The Morgan fingerprint density at radius 1 is 0.952 bits per heavy atom. The highest BCUT2D eigenvalue weighted by Crippen LogP contribution is 2.63. The minimum absolute atomic E-state index is 0.138. The van der Waals surface area contributed by atoms with Gasteiger partial charge in [0.2, 0.25) is 0 Å². The highest BCUT2D eigenvalue weighted by molar-refractivity contribution is 7.91. The number of phenols is 1. The monoisotopic (exact) mass is 624 g/mol. The molecule has 2 N–H and O–H groups in total. The van der Waals surface area contributed by atoms with Gasteiger partial charge in [0.1, 0.15) is 23.4 Å². The van der Waals surface area contributed by atoms with E-state index in [1.165, 1.54) is 0 Å². The fraction of sp³-hybridized carbons (Fsp3) is 0.812. The Balaban J connectivity index is 1.18. The van der Waals surface area contributed by atoms with Crippen molar-refractivity contribution >= 4 is 11.2 Å². The molecule has 0 aliphatic heterocycles. The Hall–Kier alpha value is -1.13. The molecule has 0 radical (unpaired) electrons. The maximum Gasteiger partial charge on any atom is 0.453 e. The second kappa shape index (κ2) is 13.9. The third-order valence-corrected chi connectivity index (χ3v) is 12.0. The van der Waals surface area contributed by atoms with E-state index < -0.39 is 48.4 Å². The van der Waals surface area contributed by atoms with Gasteiger partial charge in [-0.2, -0.15) is 22.0 Å². The van der Waals surface area contributed by atoms with Crippen LogP contribution in [0.2, 0.25) is 0 Å². The number of phenolic OH excluding ortho intramolecular Hbond substituents is 1. The van der Waals surface area contributed by atoms with Gasteiger partial charge in [0, 0.05) is 12.3 Å². The summed E-state index contributed by atoms with van der Waals surface area (Å²) < 4.78 is 90.4. The van der Waals surface area contributed by atoms with E-state index in [2.05, 4.69) is 6.92 Å². The molecule has 1 aromatic rings. The van der Waals surface area contributed by atoms with E-state index in [1.54, 1.807) is 12.1 Å². The summed E-state index contributed by atoms with van der Waals surface area (Å²) in [6.07, 6.45) is 1.67. The first-order chi connectivity index (χ1) is 19.7. The summed E-state index contributed by atoms with van der Waals surface area (Å²) in [6.45, 7) is 2.07. The fourth-order valence-electron chi connectivity index (χ4n) is 8.29. The van der Waals surface area contributed by atoms with Crippen LogP contribution in [0, 0.1) is 23.2 Å². The topological polar surface area (TPSA) is 63.5 Å². The molecular formula is C32H46F6O3S. The van der Waals surface area contributed by atoms with Crippen LogP contribution in [-0.2, 0) is 17.6 Å². The van der Waals surface area contributed by atoms with Gasteiger partial charge in [0.15, 0.2) is 0 Å². The fourth-order valence-corrected chi connectivity index (χ4v) is 9.48. The van der Waals surface area contributed by atoms with Crippen LogP contribution in [0.5, 0.6) is 5.75 Å². The molecule has 8 atom stereocenters. The number of alkyl halides is 6. The van der Waals surface area contributed by atoms with E-state index in [9.17, 15) is 36.7 Å². The largest absolute Gasteiger partial charge is 0.616 e. The Morgan fingerprint density at radius 3 is 2.29 bits per heavy atom. The van der Waals surface area contributed by atoms with Crippen molar-refractivity contribution in [2.45, 2.75) is 127 Å². The molecule has 10 heteroatoms. The maximum absolute atomic E-state index is 15.9. The summed E-state index contributed by atoms with van der Waals surface area (Å²) in [5.41, 5.74) is 1.70. The molecule has 1 unspecified atom stereocenters. The zero-order chi connectivity index (χ0) is 30.7. The highest BCUT2D eigenvalue weighted by Gasteiger charge is 2.60. The highest BCUT2D eigenvalue weighted by atomic mass is 32.2. The number of fused-ring (bicyclic) bond motifs is 5. The molecule has 0 heterocycles. The standard InChI is InChI=1S/C32H46F6O3S/c1-30-20-26(33)29-24-12-11-23(39)19-22(24)18-21(28(29)25(30)13-14-27(30)40)10-7-5-3-2-4-6-8-16-42(41)17-9-15-31(34,35)32(36,37)38/h11-12,19,21,25-29,39-40H,2-10,13-18,20H2,1H3/t21-,25+,26+,27+,28+,29+,30+,42?/m1/s1. The maximum atomic E-state index is 15.9. The molecule has 0 bridgehead atoms. The predicted molar refractivity (Wildman–Crippen MR) is 153 cm³/mol. The summed E-state index contributed by atoms with van der Waals surface area (Å²) in [6, 6.07) is 5.37. The molecule has 3 aliphatic rings. The first-order valence-electron chi connectivity index (χ1n) is 15.7. The summed E-state index contributed by atoms with van der Waals surface area (Å²) in [5, 5.41) is 20.9. The van der Waals surface area contributed by atoms with Gasteiger partial charge < -0.3 is 14.8 Å². The lowest BCUT2D eigenvalue weighted by atomic mass is 9.51. The van der Waals surface area contributed by atoms with Gasteiger partial charge in [0.05, 0.1) is 6.10 Å². The van der Waals surface area contributed by atoms with Crippen LogP contribution in [0.3, 0.4) is 0 Å². The molecule has 42 heavy (non-hydrogen) atoms. The number of aliphatic hydroxyl groups excluding tert-OH is 1. The van der Waals surface area contributed by atoms with Crippen molar-refractivity contribution < 1.29 is 41.1 Å². The Kier molecular flexibility index (Phi) is 11.2. The number of benzene rings is 1. The van der Waals surface area contributed by atoms with Crippen molar-refractivity contribution in [3.05, 3.63) is 29.3 Å². The first kappa shape index (κ1) is 33.8. The van der Waals surface area contributed by atoms with Crippen molar-refractivity contribution in [1.29, 1.82) is 0 Å². The molecule has 3 aliphatic carbocycles. The number of hydrogen-bond donors (Lipinski definition) is 2. The van der Waals surface area contributed by atoms with Crippen LogP contribution in [0.25, 0.3) is 0 Å². The van der Waals surface area contributed by atoms with Gasteiger partial charge in [-0.1, -0.05) is 56.3 Å². The van der Waals surface area contributed by atoms with Gasteiger partial charge in [-0.05, 0) is 97.8 Å². The van der Waals surface area contributed by atoms with Crippen molar-refractivity contribution in [3.8, 4) is 5.75 Å². The van der Waals surface area contributed by atoms with E-state index in [1.807, 2.05) is 6.07 Å². The SMILES string of the molecule is C[C@]12C[C@H](F)[C@@H]3c4ccc(O)cc4C[C@@H](CCCCCCCCC[S+]([O-])CCCC(F)(F)C(F)(F)F)[C@H]3[C@@H]1CC[C@@H]2O. The van der Waals surface area contributed by atoms with E-state index in [4.69, 9.17) is 0 Å². The molecule has 2 saturated carbocycles. The van der Waals surface area contributed by atoms with Crippen LogP contribution in [-0.4, -0.2) is 50.6 Å². The van der Waals surface area contributed by atoms with Crippen molar-refractivity contribution in [3.63, 3.8) is 0 Å². The van der Waals surface area contributed by atoms with Crippen LogP contribution in [0.1, 0.15) is 107 Å². The number of halogens is 6. The van der Waals surface area contributed by atoms with E-state index in [-0.39, 0.29) is 28.8 Å². The molecule has 0 amide bonds. The normalized spacial score (nSPS) is 31.8. The number of rotatable bonds is 14. The summed E-state index contributed by atoms with van der Waals surface area (Å²) in [7, 11) is 0. The average Bonchev–Trinajstić information content (AvgIpc) is 3.19. The zero-order valence-electron chi connectivity index (χ0n) is 24.5. The molecular weight excluding hydrogens is 578 g/mol. The van der Waals surface area contributed by atoms with Gasteiger partial charge in [0.25, 0.3) is 0 Å². The van der Waals surface area contributed by atoms with Crippen molar-refractivity contribution in [1.82, 2.24) is 0 Å². The third-order valence-electron chi connectivity index (χ3n) is 10.5. The molecule has 2 fully saturated rings. The molecule has 4 rings (SSSR count). The van der Waals surface area contributed by atoms with Gasteiger partial charge >= 0.3 is 12.1 Å². The lowest BCUT2D eigenvalue weighted by Crippen LogP contribution is -2.51. The summed E-state index contributed by atoms with van der Waals surface area (Å²) >= 11 is -1.38. The number of aliphatic hydroxyl groups is 1. The van der Waals surface area contributed by atoms with Gasteiger partial charge in [-0.3, -0.25) is 0 Å². The second-order valence-corrected chi connectivity index (χ2v) is 15.0. The van der Waals surface area contributed by atoms with Gasteiger partial charge in [-0.25, -0.2) is 4.39 Å². The predicted octanol–water partition coefficient (Wildman–Crippen LogP) is 8.63. The Morgan fingerprint density at radius 2 is 1.60 bits per heavy atom. The van der Waals surface area contributed by atoms with Crippen molar-refractivity contribution in [2.24, 2.45) is 23.2 Å². The minimum Gasteiger partial charge on any atom is -0.616 e. The molecule has 3 nitrogen and oxygen atoms in total. The number of unbranched alkanes of at least 4 members (excludes halogenated alkanes) is 6. The summed E-state index contributed by atoms with van der Waals surface area (Å²) in [4.78, 5) is 0. The molecule has 1 aromatic carbocycles. The second-order valence-electron chi connectivity index (χ2n) is 13.3. The van der Waals surface area contributed by atoms with Gasteiger partial charge in [-0.15, -0.1) is 0 Å². The number of hydrogen-bond acceptors (Lipinski definition) is 3. The quantitative estimate of drug-likeness (QED) is 0.124. The first-order valence-corrected chi connectivity index (χ1v) is 17.2. The lowest BCUT2D eigenvalue weighted by molar-refractivity contribution is -0.284. The smallest absolute Gasteiger partial charge is 0.453 e. The van der Waals surface area contributed by atoms with E-state index in [0.717, 1.165) is 75.3 Å². The van der Waals surface area contributed by atoms with Crippen LogP contribution >= 0.6 is 0 Å². The zero-order valence-corrected chi connectivity index (χ0v) is 25.3. The minimum atomic E-state index is -5.56. The third kappa shape index (κ3) is 7.56. The van der Waals surface area contributed by atoms with E-state index >= 15 is 4.39 Å². The molecule has 240 valence electrons. The van der Waals surface area contributed by atoms with Crippen LogP contribution in [0.15, 0.2) is 18.2 Å². The molecule has 0 spiro atoms. The van der Waals surface area contributed by atoms with E-state index in [0.29, 0.717) is 30.4 Å².